The third-order valence-electron chi connectivity index (χ3n) is 5.68. The second-order valence-electron chi connectivity index (χ2n) is 8.05. The Balaban J connectivity index is 1.75. The van der Waals surface area contributed by atoms with Crippen LogP contribution in [0.15, 0.2) is 33.9 Å². The van der Waals surface area contributed by atoms with Gasteiger partial charge in [0.15, 0.2) is 0 Å². The van der Waals surface area contributed by atoms with E-state index in [1.165, 1.54) is 21.2 Å². The van der Waals surface area contributed by atoms with E-state index in [0.717, 1.165) is 15.2 Å². The largest absolute Gasteiger partial charge is 0.497 e. The summed E-state index contributed by atoms with van der Waals surface area (Å²) in [5.74, 6) is -0.587. The molecule has 3 rings (SSSR count). The summed E-state index contributed by atoms with van der Waals surface area (Å²) in [4.78, 5) is 62.4. The van der Waals surface area contributed by atoms with Gasteiger partial charge in [0.25, 0.3) is 17.4 Å². The number of rotatable bonds is 3. The summed E-state index contributed by atoms with van der Waals surface area (Å²) in [7, 11) is 4.19. The molecule has 0 aliphatic carbocycles. The fourth-order valence-corrected chi connectivity index (χ4v) is 3.62. The lowest BCUT2D eigenvalue weighted by Gasteiger charge is -2.20. The smallest absolute Gasteiger partial charge is 0.331 e. The van der Waals surface area contributed by atoms with Crippen LogP contribution in [0.3, 0.4) is 0 Å². The van der Waals surface area contributed by atoms with Gasteiger partial charge in [-0.2, -0.15) is 0 Å². The van der Waals surface area contributed by atoms with E-state index in [0.29, 0.717) is 42.9 Å². The van der Waals surface area contributed by atoms with E-state index in [9.17, 15) is 24.0 Å². The third kappa shape index (κ3) is 6.08. The number of ether oxygens (including phenoxy) is 2. The van der Waals surface area contributed by atoms with Gasteiger partial charge in [0, 0.05) is 32.8 Å². The average Bonchev–Trinajstić information content (AvgIpc) is 2.85. The predicted octanol–water partition coefficient (Wildman–Crippen LogP) is -0.700. The molecular formula is C23H29N5O7. The van der Waals surface area contributed by atoms with Crippen molar-refractivity contribution in [2.24, 2.45) is 14.1 Å². The van der Waals surface area contributed by atoms with E-state index in [-0.39, 0.29) is 24.8 Å². The molecule has 0 bridgehead atoms. The minimum absolute atomic E-state index is 0.0725. The number of fused-ring (bicyclic) bond motifs is 1. The van der Waals surface area contributed by atoms with Crippen molar-refractivity contribution in [3.63, 3.8) is 0 Å². The number of aromatic nitrogens is 2. The number of nitrogens with one attached hydrogen (secondary N) is 3. The maximum Gasteiger partial charge on any atom is 0.331 e. The van der Waals surface area contributed by atoms with E-state index < -0.39 is 29.1 Å². The van der Waals surface area contributed by atoms with Crippen molar-refractivity contribution in [2.45, 2.75) is 25.3 Å². The van der Waals surface area contributed by atoms with E-state index >= 15 is 0 Å². The fraction of sp³-hybridized carbons (Fsp3) is 0.435. The van der Waals surface area contributed by atoms with Gasteiger partial charge in [-0.05, 0) is 31.4 Å². The van der Waals surface area contributed by atoms with Crippen molar-refractivity contribution in [3.8, 4) is 11.5 Å². The van der Waals surface area contributed by atoms with E-state index in [1.54, 1.807) is 18.2 Å². The van der Waals surface area contributed by atoms with E-state index in [2.05, 4.69) is 16.0 Å². The Bertz CT molecular complexity index is 1230. The highest BCUT2D eigenvalue weighted by molar-refractivity contribution is 5.97. The Labute approximate surface area is 201 Å². The number of hydrogen-bond donors (Lipinski definition) is 3. The van der Waals surface area contributed by atoms with Gasteiger partial charge in [0.2, 0.25) is 5.91 Å². The van der Waals surface area contributed by atoms with Crippen LogP contribution in [0.4, 0.5) is 0 Å². The van der Waals surface area contributed by atoms with Crippen molar-refractivity contribution < 1.29 is 23.9 Å². The molecule has 12 nitrogen and oxygen atoms in total. The number of amides is 3. The maximum absolute atomic E-state index is 12.8. The average molecular weight is 488 g/mol. The molecule has 1 aromatic heterocycles. The van der Waals surface area contributed by atoms with Gasteiger partial charge in [-0.15, -0.1) is 0 Å². The second-order valence-corrected chi connectivity index (χ2v) is 8.05. The highest BCUT2D eigenvalue weighted by Gasteiger charge is 2.23. The quantitative estimate of drug-likeness (QED) is 0.518. The SMILES string of the molecule is COc1ccc2c(c1)OCCNC(=O)[C@@H](NC(=O)c1cc(=O)n(C)c(=O)n1C)CCCCNC2=O. The van der Waals surface area contributed by atoms with Gasteiger partial charge >= 0.3 is 5.69 Å². The number of methoxy groups -OCH3 is 1. The van der Waals surface area contributed by atoms with Crippen LogP contribution >= 0.6 is 0 Å². The normalized spacial score (nSPS) is 17.2. The van der Waals surface area contributed by atoms with Crippen molar-refractivity contribution in [3.05, 3.63) is 56.4 Å². The first kappa shape index (κ1) is 25.5. The number of carbonyl (C=O) groups is 3. The summed E-state index contributed by atoms with van der Waals surface area (Å²) < 4.78 is 12.8. The highest BCUT2D eigenvalue weighted by Crippen LogP contribution is 2.25. The first-order chi connectivity index (χ1) is 16.7. The summed E-state index contributed by atoms with van der Waals surface area (Å²) in [6.07, 6.45) is 1.38. The molecule has 2 heterocycles. The molecule has 2 aromatic rings. The molecule has 0 saturated heterocycles. The first-order valence-corrected chi connectivity index (χ1v) is 11.2. The van der Waals surface area contributed by atoms with Crippen LogP contribution in [0.1, 0.15) is 40.1 Å². The summed E-state index contributed by atoms with van der Waals surface area (Å²) in [5.41, 5.74) is -1.06. The summed E-state index contributed by atoms with van der Waals surface area (Å²) in [5, 5.41) is 8.16. The van der Waals surface area contributed by atoms with Crippen LogP contribution in [-0.4, -0.2) is 59.7 Å². The Morgan fingerprint density at radius 3 is 2.57 bits per heavy atom. The van der Waals surface area contributed by atoms with Crippen molar-refractivity contribution in [1.29, 1.82) is 0 Å². The van der Waals surface area contributed by atoms with Gasteiger partial charge < -0.3 is 25.4 Å². The van der Waals surface area contributed by atoms with E-state index in [1.807, 2.05) is 0 Å². The number of carbonyl (C=O) groups excluding carboxylic acids is 3. The molecule has 0 spiro atoms. The lowest BCUT2D eigenvalue weighted by atomic mass is 10.1. The van der Waals surface area contributed by atoms with Crippen LogP contribution in [0.25, 0.3) is 0 Å². The molecule has 3 amide bonds. The molecule has 0 saturated carbocycles. The molecule has 12 heteroatoms. The second kappa shape index (κ2) is 11.4. The molecule has 0 radical (unpaired) electrons. The van der Waals surface area contributed by atoms with Gasteiger partial charge in [0.1, 0.15) is 29.8 Å². The molecule has 188 valence electrons. The minimum Gasteiger partial charge on any atom is -0.497 e. The number of benzene rings is 1. The molecular weight excluding hydrogens is 458 g/mol. The molecule has 0 unspecified atom stereocenters. The highest BCUT2D eigenvalue weighted by atomic mass is 16.5. The van der Waals surface area contributed by atoms with Gasteiger partial charge in [-0.25, -0.2) is 4.79 Å². The third-order valence-corrected chi connectivity index (χ3v) is 5.68. The van der Waals surface area contributed by atoms with Crippen molar-refractivity contribution in [2.75, 3.05) is 26.8 Å². The number of hydrogen-bond acceptors (Lipinski definition) is 7. The Morgan fingerprint density at radius 1 is 1.06 bits per heavy atom. The summed E-state index contributed by atoms with van der Waals surface area (Å²) in [6, 6.07) is 5.02. The molecule has 35 heavy (non-hydrogen) atoms. The lowest BCUT2D eigenvalue weighted by Crippen LogP contribution is -2.49. The predicted molar refractivity (Wildman–Crippen MR) is 126 cm³/mol. The van der Waals surface area contributed by atoms with Gasteiger partial charge in [-0.3, -0.25) is 28.3 Å². The van der Waals surface area contributed by atoms with Crippen molar-refractivity contribution >= 4 is 17.7 Å². The minimum atomic E-state index is -0.910. The Hall–Kier alpha value is -4.09. The van der Waals surface area contributed by atoms with Crippen LogP contribution in [0.2, 0.25) is 0 Å². The maximum atomic E-state index is 12.8. The molecule has 1 aromatic carbocycles. The Kier molecular flexibility index (Phi) is 8.29. The van der Waals surface area contributed by atoms with Crippen LogP contribution in [0.5, 0.6) is 11.5 Å². The van der Waals surface area contributed by atoms with Crippen LogP contribution < -0.4 is 36.7 Å². The summed E-state index contributed by atoms with van der Waals surface area (Å²) >= 11 is 0. The van der Waals surface area contributed by atoms with Crippen molar-refractivity contribution in [1.82, 2.24) is 25.1 Å². The zero-order valence-corrected chi connectivity index (χ0v) is 19.9. The first-order valence-electron chi connectivity index (χ1n) is 11.2. The zero-order valence-electron chi connectivity index (χ0n) is 19.9. The monoisotopic (exact) mass is 487 g/mol. The van der Waals surface area contributed by atoms with Crippen LogP contribution in [-0.2, 0) is 18.9 Å². The lowest BCUT2D eigenvalue weighted by molar-refractivity contribution is -0.123. The molecule has 3 N–H and O–H groups in total. The molecule has 1 aliphatic heterocycles. The van der Waals surface area contributed by atoms with Gasteiger partial charge in [0.05, 0.1) is 19.2 Å². The molecule has 0 fully saturated rings. The molecule has 1 aliphatic rings. The molecule has 1 atom stereocenters. The fourth-order valence-electron chi connectivity index (χ4n) is 3.62. The Morgan fingerprint density at radius 2 is 1.83 bits per heavy atom. The van der Waals surface area contributed by atoms with Gasteiger partial charge in [-0.1, -0.05) is 0 Å². The summed E-state index contributed by atoms with van der Waals surface area (Å²) in [6.45, 7) is 0.548. The number of nitrogens with zero attached hydrogens (tertiary/aromatic N) is 2. The topological polar surface area (TPSA) is 150 Å². The zero-order chi connectivity index (χ0) is 25.5. The standard InChI is InChI=1S/C23H29N5O7/c1-27-17(13-19(29)28(2)23(27)33)22(32)26-16-6-4-5-9-24-20(30)15-8-7-14(34-3)12-18(15)35-11-10-25-21(16)31/h7-8,12-13,16H,4-6,9-11H2,1-3H3,(H,24,30)(H,25,31)(H,26,32)/t16-/m0/s1. The van der Waals surface area contributed by atoms with E-state index in [4.69, 9.17) is 9.47 Å². The van der Waals surface area contributed by atoms with Crippen LogP contribution in [0, 0.1) is 0 Å².